The minimum Gasteiger partial charge on any atom is -0.386 e. The van der Waals surface area contributed by atoms with Crippen LogP contribution in [0.25, 0.3) is 0 Å². The molecule has 0 saturated heterocycles. The summed E-state index contributed by atoms with van der Waals surface area (Å²) in [5, 5.41) is 9.16. The summed E-state index contributed by atoms with van der Waals surface area (Å²) in [5.74, 6) is 0. The van der Waals surface area contributed by atoms with Crippen molar-refractivity contribution >= 4 is 7.37 Å². The summed E-state index contributed by atoms with van der Waals surface area (Å²) in [6.07, 6.45) is -0.586. The summed E-state index contributed by atoms with van der Waals surface area (Å²) in [5.41, 5.74) is -1.36. The van der Waals surface area contributed by atoms with Crippen LogP contribution in [0.4, 0.5) is 0 Å². The maximum absolute atomic E-state index is 12.3. The molecule has 0 aliphatic rings. The van der Waals surface area contributed by atoms with Gasteiger partial charge in [0.25, 0.3) is 7.37 Å². The van der Waals surface area contributed by atoms with Crippen LogP contribution in [0.2, 0.25) is 0 Å². The van der Waals surface area contributed by atoms with E-state index in [1.807, 2.05) is 0 Å². The first-order valence-corrected chi connectivity index (χ1v) is 6.93. The lowest BCUT2D eigenvalue weighted by atomic mass is 10.7. The molecular formula is C9H21O5P. The minimum absolute atomic E-state index is 0.244. The van der Waals surface area contributed by atoms with Crippen LogP contribution in [0, 0.1) is 0 Å². The highest BCUT2D eigenvalue weighted by atomic mass is 31.2. The van der Waals surface area contributed by atoms with Gasteiger partial charge in [-0.15, -0.1) is 0 Å². The number of aliphatic hydroxyl groups excluding tert-OH is 1. The van der Waals surface area contributed by atoms with Gasteiger partial charge in [-0.3, -0.25) is 4.57 Å². The van der Waals surface area contributed by atoms with Crippen LogP contribution in [-0.4, -0.2) is 36.8 Å². The van der Waals surface area contributed by atoms with Gasteiger partial charge in [0.15, 0.2) is 0 Å². The van der Waals surface area contributed by atoms with Crippen molar-refractivity contribution in [2.24, 2.45) is 0 Å². The fourth-order valence-corrected chi connectivity index (χ4v) is 2.91. The largest absolute Gasteiger partial charge is 0.386 e. The zero-order valence-corrected chi connectivity index (χ0v) is 10.8. The molecule has 0 radical (unpaired) electrons. The number of hydrogen-bond donors (Lipinski definition) is 1. The molecule has 0 rings (SSSR count). The average Bonchev–Trinajstić information content (AvgIpc) is 2.18. The molecule has 0 fully saturated rings. The Kier molecular flexibility index (Phi) is 6.64. The molecule has 92 valence electrons. The molecule has 1 atom stereocenters. The Morgan fingerprint density at radius 3 is 1.87 bits per heavy atom. The fraction of sp³-hybridized carbons (Fsp3) is 1.00. The summed E-state index contributed by atoms with van der Waals surface area (Å²) in [6.45, 7) is 7.71. The normalized spacial score (nSPS) is 16.3. The summed E-state index contributed by atoms with van der Waals surface area (Å²) >= 11 is 0. The Bertz CT molecular complexity index is 213. The molecule has 1 N–H and O–H groups in total. The maximum Gasteiger partial charge on any atom is 0.284 e. The smallest absolute Gasteiger partial charge is 0.284 e. The summed E-state index contributed by atoms with van der Waals surface area (Å²) in [4.78, 5) is 0. The van der Waals surface area contributed by atoms with Crippen LogP contribution >= 0.6 is 7.37 Å². The molecule has 0 spiro atoms. The second-order valence-electron chi connectivity index (χ2n) is 3.00. The van der Waals surface area contributed by atoms with E-state index in [-0.39, 0.29) is 6.61 Å². The van der Waals surface area contributed by atoms with Crippen LogP contribution in [0.1, 0.15) is 27.7 Å². The second-order valence-corrected chi connectivity index (χ2v) is 5.70. The van der Waals surface area contributed by atoms with E-state index < -0.39 is 19.2 Å². The van der Waals surface area contributed by atoms with Crippen LogP contribution in [-0.2, 0) is 18.6 Å². The molecule has 0 amide bonds. The lowest BCUT2D eigenvalue weighted by molar-refractivity contribution is -0.169. The zero-order chi connectivity index (χ0) is 11.9. The molecule has 15 heavy (non-hydrogen) atoms. The van der Waals surface area contributed by atoms with Gasteiger partial charge < -0.3 is 19.1 Å². The third kappa shape index (κ3) is 3.54. The van der Waals surface area contributed by atoms with Crippen LogP contribution in [0.5, 0.6) is 0 Å². The van der Waals surface area contributed by atoms with Gasteiger partial charge in [-0.1, -0.05) is 0 Å². The third-order valence-corrected chi connectivity index (χ3v) is 4.51. The highest BCUT2D eigenvalue weighted by molar-refractivity contribution is 7.60. The van der Waals surface area contributed by atoms with Crippen molar-refractivity contribution in [3.63, 3.8) is 0 Å². The molecule has 6 heteroatoms. The van der Waals surface area contributed by atoms with E-state index in [4.69, 9.17) is 19.1 Å². The number of aliphatic hydroxyl groups is 1. The van der Waals surface area contributed by atoms with E-state index in [9.17, 15) is 4.57 Å². The van der Waals surface area contributed by atoms with Crippen molar-refractivity contribution in [3.05, 3.63) is 0 Å². The van der Waals surface area contributed by atoms with Gasteiger partial charge in [-0.2, -0.15) is 0 Å². The first-order chi connectivity index (χ1) is 6.99. The van der Waals surface area contributed by atoms with E-state index in [1.54, 1.807) is 20.8 Å². The third-order valence-electron chi connectivity index (χ3n) is 1.97. The first kappa shape index (κ1) is 15.1. The molecule has 0 saturated carbocycles. The molecule has 0 heterocycles. The van der Waals surface area contributed by atoms with Crippen LogP contribution < -0.4 is 0 Å². The van der Waals surface area contributed by atoms with Gasteiger partial charge in [0.1, 0.15) is 6.35 Å². The number of hydrogen-bond acceptors (Lipinski definition) is 5. The van der Waals surface area contributed by atoms with Gasteiger partial charge in [-0.25, -0.2) is 0 Å². The molecule has 0 aromatic rings. The van der Waals surface area contributed by atoms with E-state index in [1.165, 1.54) is 6.92 Å². The topological polar surface area (TPSA) is 65.0 Å². The van der Waals surface area contributed by atoms with Gasteiger partial charge in [0.2, 0.25) is 5.53 Å². The van der Waals surface area contributed by atoms with Gasteiger partial charge in [0.05, 0.1) is 6.61 Å². The number of ether oxygens (including phenoxy) is 2. The van der Waals surface area contributed by atoms with Crippen LogP contribution in [0.15, 0.2) is 0 Å². The molecule has 0 bridgehead atoms. The molecule has 0 aliphatic heterocycles. The van der Waals surface area contributed by atoms with Gasteiger partial charge >= 0.3 is 0 Å². The Balaban J connectivity index is 4.91. The monoisotopic (exact) mass is 240 g/mol. The van der Waals surface area contributed by atoms with Crippen molar-refractivity contribution in [1.82, 2.24) is 0 Å². The van der Waals surface area contributed by atoms with Crippen molar-refractivity contribution in [2.45, 2.75) is 33.2 Å². The molecule has 0 aromatic carbocycles. The second kappa shape index (κ2) is 6.61. The highest BCUT2D eigenvalue weighted by Crippen LogP contribution is 2.59. The Labute approximate surface area is 91.2 Å². The predicted octanol–water partition coefficient (Wildman–Crippen LogP) is 2.00. The SMILES string of the molecule is CCOC(C)(OCC)[P@@](=O)(CO)OCC. The highest BCUT2D eigenvalue weighted by Gasteiger charge is 2.47. The lowest BCUT2D eigenvalue weighted by Crippen LogP contribution is -2.34. The van der Waals surface area contributed by atoms with Gasteiger partial charge in [-0.05, 0) is 27.7 Å². The summed E-state index contributed by atoms with van der Waals surface area (Å²) < 4.78 is 28.0. The van der Waals surface area contributed by atoms with Crippen molar-refractivity contribution in [3.8, 4) is 0 Å². The van der Waals surface area contributed by atoms with Crippen LogP contribution in [0.3, 0.4) is 0 Å². The maximum atomic E-state index is 12.3. The standard InChI is InChI=1S/C9H21O5P/c1-5-12-9(4,13-6-2)15(11,8-10)14-7-3/h10H,5-8H2,1-4H3/t15-/m1/s1. The minimum atomic E-state index is -3.34. The van der Waals surface area contributed by atoms with Gasteiger partial charge in [0, 0.05) is 13.2 Å². The molecule has 0 aliphatic carbocycles. The quantitative estimate of drug-likeness (QED) is 0.519. The molecule has 0 unspecified atom stereocenters. The number of rotatable bonds is 8. The summed E-state index contributed by atoms with van der Waals surface area (Å²) in [6, 6.07) is 0. The van der Waals surface area contributed by atoms with E-state index >= 15 is 0 Å². The first-order valence-electron chi connectivity index (χ1n) is 5.12. The Morgan fingerprint density at radius 1 is 1.13 bits per heavy atom. The fourth-order valence-electron chi connectivity index (χ4n) is 1.27. The van der Waals surface area contributed by atoms with E-state index in [2.05, 4.69) is 0 Å². The molecule has 5 nitrogen and oxygen atoms in total. The van der Waals surface area contributed by atoms with Crippen molar-refractivity contribution in [2.75, 3.05) is 26.2 Å². The average molecular weight is 240 g/mol. The Morgan fingerprint density at radius 2 is 1.60 bits per heavy atom. The lowest BCUT2D eigenvalue weighted by Gasteiger charge is -2.34. The van der Waals surface area contributed by atoms with E-state index in [0.717, 1.165) is 0 Å². The summed E-state index contributed by atoms with van der Waals surface area (Å²) in [7, 11) is -3.34. The zero-order valence-electron chi connectivity index (χ0n) is 9.86. The predicted molar refractivity (Wildman–Crippen MR) is 58.0 cm³/mol. The molecule has 0 aromatic heterocycles. The van der Waals surface area contributed by atoms with Crippen molar-refractivity contribution < 1.29 is 23.7 Å². The Hall–Kier alpha value is 0.0700. The van der Waals surface area contributed by atoms with E-state index in [0.29, 0.717) is 13.2 Å². The van der Waals surface area contributed by atoms with Crippen molar-refractivity contribution in [1.29, 1.82) is 0 Å². The molecular weight excluding hydrogens is 219 g/mol.